The monoisotopic (exact) mass is 179 g/mol. The number of aliphatic imine (C=N–C) groups is 1. The Hall–Kier alpha value is -1.58. The van der Waals surface area contributed by atoms with Crippen LogP contribution in [0.15, 0.2) is 28.3 Å². The minimum atomic E-state index is -0.528. The van der Waals surface area contributed by atoms with E-state index in [1.165, 1.54) is 0 Å². The minimum absolute atomic E-state index is 0.259. The van der Waals surface area contributed by atoms with Gasteiger partial charge in [0.15, 0.2) is 0 Å². The fourth-order valence-electron chi connectivity index (χ4n) is 1.44. The molecule has 0 aromatic rings. The van der Waals surface area contributed by atoms with Crippen molar-refractivity contribution in [3.63, 3.8) is 0 Å². The van der Waals surface area contributed by atoms with Crippen molar-refractivity contribution in [2.75, 3.05) is 0 Å². The first-order chi connectivity index (χ1) is 6.16. The van der Waals surface area contributed by atoms with E-state index in [1.54, 1.807) is 6.08 Å². The summed E-state index contributed by atoms with van der Waals surface area (Å²) in [6.07, 6.45) is 3.84. The maximum atomic E-state index is 11.2. The second-order valence-electron chi connectivity index (χ2n) is 3.10. The fraction of sp³-hybridized carbons (Fsp3) is 0.333. The van der Waals surface area contributed by atoms with E-state index in [2.05, 4.69) is 9.73 Å². The van der Waals surface area contributed by atoms with E-state index in [4.69, 9.17) is 5.11 Å². The molecule has 0 fully saturated rings. The van der Waals surface area contributed by atoms with Crippen molar-refractivity contribution in [3.05, 3.63) is 23.3 Å². The van der Waals surface area contributed by atoms with Crippen LogP contribution in [0.2, 0.25) is 0 Å². The van der Waals surface area contributed by atoms with Crippen LogP contribution < -0.4 is 0 Å². The lowest BCUT2D eigenvalue weighted by atomic mass is 9.95. The number of hydrogen-bond donors (Lipinski definition) is 1. The molecule has 0 aromatic heterocycles. The van der Waals surface area contributed by atoms with E-state index in [0.717, 1.165) is 5.57 Å². The van der Waals surface area contributed by atoms with Gasteiger partial charge in [-0.1, -0.05) is 11.6 Å². The Morgan fingerprint density at radius 3 is 3.23 bits per heavy atom. The van der Waals surface area contributed by atoms with Crippen LogP contribution in [-0.4, -0.2) is 23.2 Å². The van der Waals surface area contributed by atoms with Crippen LogP contribution in [0.1, 0.15) is 13.3 Å². The van der Waals surface area contributed by atoms with Gasteiger partial charge in [0, 0.05) is 0 Å². The summed E-state index contributed by atoms with van der Waals surface area (Å²) in [6, 6.07) is -0.259. The molecule has 4 nitrogen and oxygen atoms in total. The van der Waals surface area contributed by atoms with Gasteiger partial charge in [0.2, 0.25) is 0 Å². The van der Waals surface area contributed by atoms with Crippen LogP contribution in [0.25, 0.3) is 0 Å². The van der Waals surface area contributed by atoms with Gasteiger partial charge in [-0.3, -0.25) is 0 Å². The zero-order chi connectivity index (χ0) is 9.42. The highest BCUT2D eigenvalue weighted by Gasteiger charge is 2.29. The molecule has 13 heavy (non-hydrogen) atoms. The Morgan fingerprint density at radius 1 is 1.69 bits per heavy atom. The number of carbonyl (C=O) groups excluding carboxylic acids is 1. The zero-order valence-corrected chi connectivity index (χ0v) is 7.15. The van der Waals surface area contributed by atoms with Crippen molar-refractivity contribution in [3.8, 4) is 0 Å². The Balaban J connectivity index is 2.39. The van der Waals surface area contributed by atoms with E-state index < -0.39 is 12.1 Å². The average Bonchev–Trinajstić information content (AvgIpc) is 2.06. The Labute approximate surface area is 75.2 Å². The summed E-state index contributed by atoms with van der Waals surface area (Å²) in [4.78, 5) is 15.0. The predicted molar refractivity (Wildman–Crippen MR) is 46.4 cm³/mol. The summed E-state index contributed by atoms with van der Waals surface area (Å²) in [6.45, 7) is 1.91. The fourth-order valence-corrected chi connectivity index (χ4v) is 1.44. The van der Waals surface area contributed by atoms with Crippen LogP contribution in [0, 0.1) is 0 Å². The largest absolute Gasteiger partial charge is 0.466 e. The number of rotatable bonds is 0. The van der Waals surface area contributed by atoms with Gasteiger partial charge in [0.05, 0.1) is 11.6 Å². The lowest BCUT2D eigenvalue weighted by molar-refractivity contribution is -0.133. The highest BCUT2D eigenvalue weighted by atomic mass is 16.6. The molecule has 2 rings (SSSR count). The summed E-state index contributed by atoms with van der Waals surface area (Å²) in [7, 11) is 0. The number of hydrogen-bond acceptors (Lipinski definition) is 3. The average molecular weight is 179 g/mol. The molecular formula is C9H9NO3. The van der Waals surface area contributed by atoms with Gasteiger partial charge in [0.25, 0.3) is 0 Å². The molecule has 0 saturated carbocycles. The Kier molecular flexibility index (Phi) is 1.69. The van der Waals surface area contributed by atoms with Crippen molar-refractivity contribution in [1.82, 2.24) is 0 Å². The summed E-state index contributed by atoms with van der Waals surface area (Å²) in [5.74, 6) is -0.495. The van der Waals surface area contributed by atoms with Crippen molar-refractivity contribution in [1.29, 1.82) is 0 Å². The molecule has 1 N–H and O–H groups in total. The first-order valence-electron chi connectivity index (χ1n) is 4.04. The number of aliphatic hydroxyl groups is 1. The number of cyclic esters (lactones) is 1. The number of allylic oxidation sites excluding steroid dienone is 2. The van der Waals surface area contributed by atoms with Crippen LogP contribution in [0.3, 0.4) is 0 Å². The molecule has 1 heterocycles. The molecule has 4 heteroatoms. The molecule has 0 spiro atoms. The minimum Gasteiger partial charge on any atom is -0.466 e. The van der Waals surface area contributed by atoms with Gasteiger partial charge < -0.3 is 9.84 Å². The number of fused-ring (bicyclic) bond motifs is 1. The van der Waals surface area contributed by atoms with Crippen LogP contribution in [-0.2, 0) is 9.53 Å². The van der Waals surface area contributed by atoms with E-state index in [1.807, 2.05) is 13.0 Å². The van der Waals surface area contributed by atoms with Crippen LogP contribution >= 0.6 is 0 Å². The van der Waals surface area contributed by atoms with Crippen molar-refractivity contribution in [2.45, 2.75) is 19.4 Å². The third-order valence-corrected chi connectivity index (χ3v) is 2.09. The van der Waals surface area contributed by atoms with Gasteiger partial charge in [-0.15, -0.1) is 0 Å². The molecular weight excluding hydrogens is 170 g/mol. The molecule has 0 bridgehead atoms. The lowest BCUT2D eigenvalue weighted by Crippen LogP contribution is -2.29. The molecule has 0 aromatic carbocycles. The SMILES string of the molecule is CC1=CCC2N=C(O)OC(=O)C2=C1. The normalized spacial score (nSPS) is 26.7. The quantitative estimate of drug-likeness (QED) is 0.566. The van der Waals surface area contributed by atoms with E-state index in [-0.39, 0.29) is 6.04 Å². The van der Waals surface area contributed by atoms with Gasteiger partial charge in [-0.25, -0.2) is 9.79 Å². The van der Waals surface area contributed by atoms with Gasteiger partial charge in [-0.2, -0.15) is 0 Å². The number of nitrogens with zero attached hydrogens (tertiary/aromatic N) is 1. The third kappa shape index (κ3) is 1.35. The number of esters is 1. The highest BCUT2D eigenvalue weighted by molar-refractivity contribution is 5.99. The Morgan fingerprint density at radius 2 is 2.46 bits per heavy atom. The smallest absolute Gasteiger partial charge is 0.389 e. The molecule has 0 radical (unpaired) electrons. The molecule has 1 aliphatic heterocycles. The van der Waals surface area contributed by atoms with Crippen LogP contribution in [0.4, 0.5) is 0 Å². The van der Waals surface area contributed by atoms with Crippen LogP contribution in [0.5, 0.6) is 0 Å². The molecule has 2 aliphatic rings. The van der Waals surface area contributed by atoms with Gasteiger partial charge >= 0.3 is 12.1 Å². The second-order valence-corrected chi connectivity index (χ2v) is 3.10. The molecule has 1 unspecified atom stereocenters. The maximum absolute atomic E-state index is 11.2. The summed E-state index contributed by atoms with van der Waals surface area (Å²) >= 11 is 0. The van der Waals surface area contributed by atoms with E-state index >= 15 is 0 Å². The zero-order valence-electron chi connectivity index (χ0n) is 7.15. The van der Waals surface area contributed by atoms with Gasteiger partial charge in [0.1, 0.15) is 0 Å². The first-order valence-corrected chi connectivity index (χ1v) is 4.04. The van der Waals surface area contributed by atoms with Gasteiger partial charge in [-0.05, 0) is 19.4 Å². The number of aliphatic hydroxyl groups excluding tert-OH is 1. The van der Waals surface area contributed by atoms with E-state index in [0.29, 0.717) is 12.0 Å². The molecule has 1 aliphatic carbocycles. The topological polar surface area (TPSA) is 58.9 Å². The number of ether oxygens (including phenoxy) is 1. The molecule has 68 valence electrons. The van der Waals surface area contributed by atoms with E-state index in [9.17, 15) is 4.79 Å². The second kappa shape index (κ2) is 2.73. The predicted octanol–water partition coefficient (Wildman–Crippen LogP) is 1.10. The third-order valence-electron chi connectivity index (χ3n) is 2.09. The maximum Gasteiger partial charge on any atom is 0.389 e. The Bertz CT molecular complexity index is 352. The lowest BCUT2D eigenvalue weighted by Gasteiger charge is -2.21. The summed E-state index contributed by atoms with van der Waals surface area (Å²) in [5, 5.41) is 8.94. The van der Waals surface area contributed by atoms with Crippen molar-refractivity contribution < 1.29 is 14.6 Å². The molecule has 1 atom stereocenters. The molecule has 0 amide bonds. The highest BCUT2D eigenvalue weighted by Crippen LogP contribution is 2.24. The summed E-state index contributed by atoms with van der Waals surface area (Å²) < 4.78 is 4.48. The summed E-state index contributed by atoms with van der Waals surface area (Å²) in [5.41, 5.74) is 1.55. The first kappa shape index (κ1) is 8.04. The van der Waals surface area contributed by atoms with Crippen molar-refractivity contribution in [2.24, 2.45) is 4.99 Å². The standard InChI is InChI=1S/C9H9NO3/c1-5-2-3-7-6(4-5)8(11)13-9(12)10-7/h2,4,7H,3H2,1H3,(H,10,12). The number of carbonyl (C=O) groups is 1. The van der Waals surface area contributed by atoms with Crippen molar-refractivity contribution >= 4 is 12.1 Å². The molecule has 0 saturated heterocycles.